The molecular weight excluding hydrogens is 244 g/mol. The summed E-state index contributed by atoms with van der Waals surface area (Å²) < 4.78 is 0. The van der Waals surface area contributed by atoms with Crippen molar-refractivity contribution in [3.05, 3.63) is 51.7 Å². The molecule has 2 N–H and O–H groups in total. The molecule has 1 aliphatic rings. The molecule has 4 heteroatoms. The summed E-state index contributed by atoms with van der Waals surface area (Å²) in [5.74, 6) is 0.0924. The summed E-state index contributed by atoms with van der Waals surface area (Å²) in [6.45, 7) is 1.47. The van der Waals surface area contributed by atoms with Gasteiger partial charge in [0.05, 0.1) is 0 Å². The van der Waals surface area contributed by atoms with Gasteiger partial charge in [0.25, 0.3) is 5.91 Å². The van der Waals surface area contributed by atoms with Crippen molar-refractivity contribution in [1.29, 1.82) is 0 Å². The fourth-order valence-electron chi connectivity index (χ4n) is 2.29. The number of fused-ring (bicyclic) bond motifs is 1. The third-order valence-corrected chi connectivity index (χ3v) is 3.99. The molecule has 0 radical (unpaired) electrons. The van der Waals surface area contributed by atoms with Crippen LogP contribution in [-0.4, -0.2) is 17.4 Å². The van der Waals surface area contributed by atoms with Crippen molar-refractivity contribution in [1.82, 2.24) is 4.90 Å². The standard InChI is InChI=1S/C14H14N2OS/c15-12-2-1-11-3-5-16(14(17)13(11)7-12)8-10-4-6-18-9-10/h1-2,4,6-7,9H,3,5,8,15H2. The highest BCUT2D eigenvalue weighted by atomic mass is 32.1. The van der Waals surface area contributed by atoms with Crippen molar-refractivity contribution >= 4 is 22.9 Å². The van der Waals surface area contributed by atoms with Gasteiger partial charge in [-0.25, -0.2) is 0 Å². The Morgan fingerprint density at radius 3 is 3.00 bits per heavy atom. The van der Waals surface area contributed by atoms with Crippen LogP contribution in [-0.2, 0) is 13.0 Å². The fourth-order valence-corrected chi connectivity index (χ4v) is 2.95. The van der Waals surface area contributed by atoms with E-state index in [-0.39, 0.29) is 5.91 Å². The van der Waals surface area contributed by atoms with Gasteiger partial charge >= 0.3 is 0 Å². The van der Waals surface area contributed by atoms with Crippen LogP contribution in [0.2, 0.25) is 0 Å². The lowest BCUT2D eigenvalue weighted by molar-refractivity contribution is 0.0727. The Morgan fingerprint density at radius 2 is 2.22 bits per heavy atom. The summed E-state index contributed by atoms with van der Waals surface area (Å²) in [6, 6.07) is 7.68. The number of hydrogen-bond acceptors (Lipinski definition) is 3. The van der Waals surface area contributed by atoms with Gasteiger partial charge in [0.2, 0.25) is 0 Å². The number of amides is 1. The Balaban J connectivity index is 1.87. The van der Waals surface area contributed by atoms with Crippen molar-refractivity contribution < 1.29 is 4.79 Å². The first-order chi connectivity index (χ1) is 8.74. The summed E-state index contributed by atoms with van der Waals surface area (Å²) >= 11 is 1.66. The van der Waals surface area contributed by atoms with E-state index in [0.29, 0.717) is 12.2 Å². The summed E-state index contributed by atoms with van der Waals surface area (Å²) in [5, 5.41) is 4.12. The summed E-state index contributed by atoms with van der Waals surface area (Å²) in [5.41, 5.74) is 9.47. The molecule has 3 nitrogen and oxygen atoms in total. The van der Waals surface area contributed by atoms with Crippen LogP contribution in [0.15, 0.2) is 35.0 Å². The number of nitrogens with zero attached hydrogens (tertiary/aromatic N) is 1. The van der Waals surface area contributed by atoms with Crippen LogP contribution in [0.5, 0.6) is 0 Å². The first-order valence-corrected chi connectivity index (χ1v) is 6.87. The van der Waals surface area contributed by atoms with E-state index in [1.807, 2.05) is 22.4 Å². The van der Waals surface area contributed by atoms with Crippen molar-refractivity contribution in [2.75, 3.05) is 12.3 Å². The Hall–Kier alpha value is -1.81. The van der Waals surface area contributed by atoms with Crippen LogP contribution in [0.1, 0.15) is 21.5 Å². The summed E-state index contributed by atoms with van der Waals surface area (Å²) in [6.07, 6.45) is 0.908. The van der Waals surface area contributed by atoms with Gasteiger partial charge in [-0.15, -0.1) is 0 Å². The minimum Gasteiger partial charge on any atom is -0.399 e. The number of anilines is 1. The van der Waals surface area contributed by atoms with E-state index in [2.05, 4.69) is 11.4 Å². The molecule has 1 aromatic carbocycles. The molecule has 92 valence electrons. The molecule has 1 amide bonds. The van der Waals surface area contributed by atoms with Gasteiger partial charge in [0, 0.05) is 24.3 Å². The summed E-state index contributed by atoms with van der Waals surface area (Å²) in [7, 11) is 0. The molecule has 2 heterocycles. The SMILES string of the molecule is Nc1ccc2c(c1)C(=O)N(Cc1ccsc1)CC2. The lowest BCUT2D eigenvalue weighted by Gasteiger charge is -2.28. The van der Waals surface area contributed by atoms with E-state index in [1.165, 1.54) is 5.56 Å². The van der Waals surface area contributed by atoms with Gasteiger partial charge in [-0.05, 0) is 46.5 Å². The quantitative estimate of drug-likeness (QED) is 0.841. The van der Waals surface area contributed by atoms with E-state index in [4.69, 9.17) is 5.73 Å². The molecule has 3 rings (SSSR count). The minimum absolute atomic E-state index is 0.0924. The highest BCUT2D eigenvalue weighted by Gasteiger charge is 2.24. The maximum absolute atomic E-state index is 12.4. The molecule has 0 bridgehead atoms. The van der Waals surface area contributed by atoms with Crippen molar-refractivity contribution in [2.45, 2.75) is 13.0 Å². The monoisotopic (exact) mass is 258 g/mol. The van der Waals surface area contributed by atoms with Crippen LogP contribution >= 0.6 is 11.3 Å². The second kappa shape index (κ2) is 4.46. The molecule has 2 aromatic rings. The molecule has 1 aliphatic heterocycles. The van der Waals surface area contributed by atoms with Crippen LogP contribution in [0.25, 0.3) is 0 Å². The topological polar surface area (TPSA) is 46.3 Å². The van der Waals surface area contributed by atoms with Crippen molar-refractivity contribution in [2.24, 2.45) is 0 Å². The Bertz CT molecular complexity index is 577. The molecule has 0 spiro atoms. The van der Waals surface area contributed by atoms with Crippen molar-refractivity contribution in [3.8, 4) is 0 Å². The van der Waals surface area contributed by atoms with Crippen LogP contribution in [0, 0.1) is 0 Å². The Morgan fingerprint density at radius 1 is 1.33 bits per heavy atom. The highest BCUT2D eigenvalue weighted by molar-refractivity contribution is 7.07. The lowest BCUT2D eigenvalue weighted by Crippen LogP contribution is -2.36. The molecule has 0 fully saturated rings. The van der Waals surface area contributed by atoms with E-state index < -0.39 is 0 Å². The van der Waals surface area contributed by atoms with Crippen LogP contribution in [0.3, 0.4) is 0 Å². The van der Waals surface area contributed by atoms with E-state index in [9.17, 15) is 4.79 Å². The smallest absolute Gasteiger partial charge is 0.254 e. The van der Waals surface area contributed by atoms with Gasteiger partial charge in [-0.3, -0.25) is 4.79 Å². The third kappa shape index (κ3) is 1.99. The number of nitrogens with two attached hydrogens (primary N) is 1. The zero-order valence-electron chi connectivity index (χ0n) is 9.93. The van der Waals surface area contributed by atoms with Gasteiger partial charge in [0.15, 0.2) is 0 Å². The molecular formula is C14H14N2OS. The molecule has 0 atom stereocenters. The normalized spacial score (nSPS) is 14.7. The predicted molar refractivity (Wildman–Crippen MR) is 73.6 cm³/mol. The van der Waals surface area contributed by atoms with E-state index in [0.717, 1.165) is 24.1 Å². The average molecular weight is 258 g/mol. The fraction of sp³-hybridized carbons (Fsp3) is 0.214. The second-order valence-electron chi connectivity index (χ2n) is 4.52. The number of carbonyl (C=O) groups is 1. The second-order valence-corrected chi connectivity index (χ2v) is 5.30. The lowest BCUT2D eigenvalue weighted by atomic mass is 9.98. The van der Waals surface area contributed by atoms with Gasteiger partial charge in [0.1, 0.15) is 0 Å². The number of hydrogen-bond donors (Lipinski definition) is 1. The molecule has 1 aromatic heterocycles. The zero-order valence-corrected chi connectivity index (χ0v) is 10.7. The molecule has 0 saturated carbocycles. The number of carbonyl (C=O) groups excluding carboxylic acids is 1. The van der Waals surface area contributed by atoms with Crippen molar-refractivity contribution in [3.63, 3.8) is 0 Å². The van der Waals surface area contributed by atoms with E-state index >= 15 is 0 Å². The number of benzene rings is 1. The maximum atomic E-state index is 12.4. The Labute approximate surface area is 110 Å². The number of rotatable bonds is 2. The van der Waals surface area contributed by atoms with Crippen LogP contribution < -0.4 is 5.73 Å². The minimum atomic E-state index is 0.0924. The first-order valence-electron chi connectivity index (χ1n) is 5.93. The summed E-state index contributed by atoms with van der Waals surface area (Å²) in [4.78, 5) is 14.3. The van der Waals surface area contributed by atoms with Gasteiger partial charge < -0.3 is 10.6 Å². The molecule has 0 saturated heterocycles. The average Bonchev–Trinajstić information content (AvgIpc) is 2.86. The van der Waals surface area contributed by atoms with Crippen LogP contribution in [0.4, 0.5) is 5.69 Å². The third-order valence-electron chi connectivity index (χ3n) is 3.26. The maximum Gasteiger partial charge on any atom is 0.254 e. The van der Waals surface area contributed by atoms with Gasteiger partial charge in [-0.2, -0.15) is 11.3 Å². The number of thiophene rings is 1. The predicted octanol–water partition coefficient (Wildman–Crippen LogP) is 2.53. The Kier molecular flexibility index (Phi) is 2.80. The van der Waals surface area contributed by atoms with E-state index in [1.54, 1.807) is 17.4 Å². The molecule has 18 heavy (non-hydrogen) atoms. The van der Waals surface area contributed by atoms with Gasteiger partial charge in [-0.1, -0.05) is 6.07 Å². The zero-order chi connectivity index (χ0) is 12.5. The molecule has 0 aliphatic carbocycles. The number of nitrogen functional groups attached to an aromatic ring is 1. The largest absolute Gasteiger partial charge is 0.399 e. The molecule has 0 unspecified atom stereocenters. The first kappa shape index (κ1) is 11.3. The highest BCUT2D eigenvalue weighted by Crippen LogP contribution is 2.23.